The number of aliphatic hydroxyl groups is 1. The lowest BCUT2D eigenvalue weighted by Gasteiger charge is -2.38. The van der Waals surface area contributed by atoms with Crippen LogP contribution in [0.3, 0.4) is 0 Å². The summed E-state index contributed by atoms with van der Waals surface area (Å²) in [4.78, 5) is 13.7. The molecule has 1 aromatic carbocycles. The molecule has 0 spiro atoms. The molecule has 1 amide bonds. The monoisotopic (exact) mass is 336 g/mol. The van der Waals surface area contributed by atoms with Crippen LogP contribution < -0.4 is 10.1 Å². The summed E-state index contributed by atoms with van der Waals surface area (Å²) in [6.07, 6.45) is 0.720. The molecule has 24 heavy (non-hydrogen) atoms. The summed E-state index contributed by atoms with van der Waals surface area (Å²) >= 11 is 0. The fraction of sp³-hybridized carbons (Fsp3) is 0.611. The van der Waals surface area contributed by atoms with Gasteiger partial charge >= 0.3 is 6.09 Å². The van der Waals surface area contributed by atoms with Gasteiger partial charge in [-0.3, -0.25) is 0 Å². The van der Waals surface area contributed by atoms with E-state index in [0.29, 0.717) is 32.5 Å². The van der Waals surface area contributed by atoms with Crippen molar-refractivity contribution < 1.29 is 19.4 Å². The lowest BCUT2D eigenvalue weighted by molar-refractivity contribution is -0.0244. The highest BCUT2D eigenvalue weighted by Gasteiger charge is 2.35. The Hall–Kier alpha value is -1.95. The first-order valence-electron chi connectivity index (χ1n) is 8.29. The molecule has 0 bridgehead atoms. The van der Waals surface area contributed by atoms with E-state index in [0.717, 1.165) is 11.4 Å². The molecule has 0 unspecified atom stereocenters. The van der Waals surface area contributed by atoms with Gasteiger partial charge < -0.3 is 24.8 Å². The van der Waals surface area contributed by atoms with E-state index in [-0.39, 0.29) is 6.09 Å². The number of nitrogens with zero attached hydrogens (tertiary/aromatic N) is 1. The number of hydrogen-bond donors (Lipinski definition) is 2. The number of hydrogen-bond acceptors (Lipinski definition) is 5. The zero-order chi connectivity index (χ0) is 17.8. The number of carbonyl (C=O) groups is 1. The van der Waals surface area contributed by atoms with Crippen LogP contribution in [0.4, 0.5) is 10.5 Å². The van der Waals surface area contributed by atoms with Crippen LogP contribution in [-0.4, -0.2) is 54.0 Å². The van der Waals surface area contributed by atoms with Crippen molar-refractivity contribution in [1.29, 1.82) is 0 Å². The van der Waals surface area contributed by atoms with Gasteiger partial charge in [-0.05, 0) is 45.7 Å². The zero-order valence-corrected chi connectivity index (χ0v) is 15.0. The Morgan fingerprint density at radius 2 is 2.00 bits per heavy atom. The van der Waals surface area contributed by atoms with Gasteiger partial charge in [0.15, 0.2) is 0 Å². The van der Waals surface area contributed by atoms with Crippen molar-refractivity contribution in [2.75, 3.05) is 32.1 Å². The Bertz CT molecular complexity index is 560. The maximum absolute atomic E-state index is 12.1. The fourth-order valence-corrected chi connectivity index (χ4v) is 2.61. The summed E-state index contributed by atoms with van der Waals surface area (Å²) in [7, 11) is 1.62. The van der Waals surface area contributed by atoms with E-state index in [9.17, 15) is 9.90 Å². The molecule has 0 aromatic heterocycles. The third kappa shape index (κ3) is 5.30. The number of rotatable bonds is 4. The molecular weight excluding hydrogens is 308 g/mol. The standard InChI is InChI=1S/C18H28N2O4/c1-17(2,3)24-16(21)20-10-8-18(22,9-11-20)13-19-14-6-5-7-15(12-14)23-4/h5-7,12,19,22H,8-11,13H2,1-4H3. The number of amides is 1. The Morgan fingerprint density at radius 1 is 1.33 bits per heavy atom. The molecule has 2 rings (SSSR count). The van der Waals surface area contributed by atoms with Crippen LogP contribution in [0, 0.1) is 0 Å². The fourth-order valence-electron chi connectivity index (χ4n) is 2.61. The molecule has 134 valence electrons. The quantitative estimate of drug-likeness (QED) is 0.885. The molecule has 0 aliphatic carbocycles. The summed E-state index contributed by atoms with van der Waals surface area (Å²) in [6, 6.07) is 7.59. The van der Waals surface area contributed by atoms with Crippen molar-refractivity contribution >= 4 is 11.8 Å². The van der Waals surface area contributed by atoms with Gasteiger partial charge in [0.05, 0.1) is 12.7 Å². The minimum absolute atomic E-state index is 0.315. The number of methoxy groups -OCH3 is 1. The molecule has 6 heteroatoms. The first kappa shape index (κ1) is 18.4. The van der Waals surface area contributed by atoms with Crippen LogP contribution in [0.25, 0.3) is 0 Å². The minimum Gasteiger partial charge on any atom is -0.497 e. The molecule has 6 nitrogen and oxygen atoms in total. The van der Waals surface area contributed by atoms with Crippen LogP contribution in [0.2, 0.25) is 0 Å². The average molecular weight is 336 g/mol. The van der Waals surface area contributed by atoms with Gasteiger partial charge in [0.25, 0.3) is 0 Å². The minimum atomic E-state index is -0.832. The second kappa shape index (κ2) is 7.30. The van der Waals surface area contributed by atoms with Crippen LogP contribution in [0.15, 0.2) is 24.3 Å². The summed E-state index contributed by atoms with van der Waals surface area (Å²) in [5.41, 5.74) is -0.433. The normalized spacial score (nSPS) is 17.3. The van der Waals surface area contributed by atoms with Crippen molar-refractivity contribution in [2.24, 2.45) is 0 Å². The van der Waals surface area contributed by atoms with Gasteiger partial charge in [-0.25, -0.2) is 4.79 Å². The second-order valence-corrected chi connectivity index (χ2v) is 7.28. The first-order valence-corrected chi connectivity index (χ1v) is 8.29. The maximum atomic E-state index is 12.1. The summed E-state index contributed by atoms with van der Waals surface area (Å²) < 4.78 is 10.6. The number of piperidine rings is 1. The number of likely N-dealkylation sites (tertiary alicyclic amines) is 1. The van der Waals surface area contributed by atoms with Crippen molar-refractivity contribution in [1.82, 2.24) is 4.90 Å². The molecule has 1 fully saturated rings. The highest BCUT2D eigenvalue weighted by Crippen LogP contribution is 2.25. The second-order valence-electron chi connectivity index (χ2n) is 7.28. The Morgan fingerprint density at radius 3 is 2.58 bits per heavy atom. The molecule has 0 saturated carbocycles. The molecule has 1 heterocycles. The lowest BCUT2D eigenvalue weighted by atomic mass is 9.91. The number of benzene rings is 1. The van der Waals surface area contributed by atoms with E-state index in [1.54, 1.807) is 12.0 Å². The highest BCUT2D eigenvalue weighted by molar-refractivity contribution is 5.68. The Balaban J connectivity index is 1.84. The Labute approximate surface area is 143 Å². The van der Waals surface area contributed by atoms with Gasteiger partial charge in [-0.2, -0.15) is 0 Å². The van der Waals surface area contributed by atoms with E-state index in [4.69, 9.17) is 9.47 Å². The van der Waals surface area contributed by atoms with Crippen LogP contribution in [0.5, 0.6) is 5.75 Å². The number of nitrogens with one attached hydrogen (secondary N) is 1. The van der Waals surface area contributed by atoms with E-state index in [1.807, 2.05) is 45.0 Å². The average Bonchev–Trinajstić information content (AvgIpc) is 2.52. The first-order chi connectivity index (χ1) is 11.2. The van der Waals surface area contributed by atoms with E-state index in [1.165, 1.54) is 0 Å². The van der Waals surface area contributed by atoms with Gasteiger partial charge in [-0.1, -0.05) is 6.07 Å². The molecule has 0 atom stereocenters. The molecule has 1 aromatic rings. The molecule has 1 aliphatic heterocycles. The van der Waals surface area contributed by atoms with Gasteiger partial charge in [-0.15, -0.1) is 0 Å². The predicted octanol–water partition coefficient (Wildman–Crippen LogP) is 2.87. The van der Waals surface area contributed by atoms with Crippen LogP contribution in [0.1, 0.15) is 33.6 Å². The third-order valence-corrected chi connectivity index (χ3v) is 4.04. The zero-order valence-electron chi connectivity index (χ0n) is 15.0. The number of ether oxygens (including phenoxy) is 2. The lowest BCUT2D eigenvalue weighted by Crippen LogP contribution is -2.50. The SMILES string of the molecule is COc1cccc(NCC2(O)CCN(C(=O)OC(C)(C)C)CC2)c1. The molecule has 0 radical (unpaired) electrons. The number of carbonyl (C=O) groups excluding carboxylic acids is 1. The molecule has 2 N–H and O–H groups in total. The molecule has 1 aliphatic rings. The van der Waals surface area contributed by atoms with Gasteiger partial charge in [0.2, 0.25) is 0 Å². The van der Waals surface area contributed by atoms with E-state index < -0.39 is 11.2 Å². The smallest absolute Gasteiger partial charge is 0.410 e. The van der Waals surface area contributed by atoms with Crippen LogP contribution >= 0.6 is 0 Å². The maximum Gasteiger partial charge on any atom is 0.410 e. The van der Waals surface area contributed by atoms with Gasteiger partial charge in [0.1, 0.15) is 11.4 Å². The highest BCUT2D eigenvalue weighted by atomic mass is 16.6. The van der Waals surface area contributed by atoms with Crippen molar-refractivity contribution in [3.05, 3.63) is 24.3 Å². The largest absolute Gasteiger partial charge is 0.497 e. The predicted molar refractivity (Wildman–Crippen MR) is 93.5 cm³/mol. The van der Waals surface area contributed by atoms with Crippen molar-refractivity contribution in [3.8, 4) is 5.75 Å². The van der Waals surface area contributed by atoms with Crippen molar-refractivity contribution in [2.45, 2.75) is 44.8 Å². The van der Waals surface area contributed by atoms with Gasteiger partial charge in [0, 0.05) is 31.4 Å². The summed E-state index contributed by atoms with van der Waals surface area (Å²) in [5.74, 6) is 0.770. The van der Waals surface area contributed by atoms with Crippen LogP contribution in [-0.2, 0) is 4.74 Å². The molecular formula is C18H28N2O4. The van der Waals surface area contributed by atoms with Crippen molar-refractivity contribution in [3.63, 3.8) is 0 Å². The third-order valence-electron chi connectivity index (χ3n) is 4.04. The summed E-state index contributed by atoms with van der Waals surface area (Å²) in [6.45, 7) is 6.97. The summed E-state index contributed by atoms with van der Waals surface area (Å²) in [5, 5.41) is 14.0. The van der Waals surface area contributed by atoms with E-state index in [2.05, 4.69) is 5.32 Å². The topological polar surface area (TPSA) is 71.0 Å². The van der Waals surface area contributed by atoms with E-state index >= 15 is 0 Å². The molecule has 1 saturated heterocycles. The number of anilines is 1. The Kier molecular flexibility index (Phi) is 5.59.